The summed E-state index contributed by atoms with van der Waals surface area (Å²) in [7, 11) is 1.57. The summed E-state index contributed by atoms with van der Waals surface area (Å²) in [5, 5.41) is 16.2. The Morgan fingerprint density at radius 2 is 1.81 bits per heavy atom. The average molecular weight is 743 g/mol. The summed E-state index contributed by atoms with van der Waals surface area (Å²) in [6.07, 6.45) is -4.63. The van der Waals surface area contributed by atoms with Crippen LogP contribution in [-0.4, -0.2) is 56.2 Å². The SMILES string of the molecule is CN[C@@H](C)C(=O)N[C@H]1CN(C(=O)c2ccc(C#N)cc2)c2cc(Cl)ccc2N(Cc2c(OCC(F)(F)F)ccc3cc(Br)ccc23)C1=O. The maximum absolute atomic E-state index is 14.5. The number of amides is 3. The zero-order valence-corrected chi connectivity index (χ0v) is 27.9. The van der Waals surface area contributed by atoms with Crippen molar-refractivity contribution in [2.24, 2.45) is 0 Å². The fourth-order valence-electron chi connectivity index (χ4n) is 5.30. The number of halogens is 5. The summed E-state index contributed by atoms with van der Waals surface area (Å²) < 4.78 is 45.9. The van der Waals surface area contributed by atoms with Gasteiger partial charge in [-0.1, -0.05) is 39.7 Å². The molecule has 2 atom stereocenters. The Hall–Kier alpha value is -4.64. The van der Waals surface area contributed by atoms with Crippen molar-refractivity contribution in [1.82, 2.24) is 10.6 Å². The molecule has 14 heteroatoms. The van der Waals surface area contributed by atoms with Crippen LogP contribution in [0, 0.1) is 11.3 Å². The fraction of sp³-hybridized carbons (Fsp3) is 0.235. The molecule has 48 heavy (non-hydrogen) atoms. The number of ether oxygens (including phenoxy) is 1. The molecule has 0 aliphatic carbocycles. The average Bonchev–Trinajstić information content (AvgIpc) is 3.16. The summed E-state index contributed by atoms with van der Waals surface area (Å²) in [6.45, 7) is -0.549. The van der Waals surface area contributed by atoms with E-state index >= 15 is 0 Å². The van der Waals surface area contributed by atoms with Crippen molar-refractivity contribution in [2.45, 2.75) is 31.7 Å². The second-order valence-electron chi connectivity index (χ2n) is 11.0. The van der Waals surface area contributed by atoms with Gasteiger partial charge in [-0.05, 0) is 85.4 Å². The summed E-state index contributed by atoms with van der Waals surface area (Å²) >= 11 is 9.85. The fourth-order valence-corrected chi connectivity index (χ4v) is 5.85. The van der Waals surface area contributed by atoms with Crippen molar-refractivity contribution in [2.75, 3.05) is 30.0 Å². The minimum atomic E-state index is -4.63. The summed E-state index contributed by atoms with van der Waals surface area (Å²) in [6, 6.07) is 18.7. The molecule has 0 spiro atoms. The van der Waals surface area contributed by atoms with E-state index in [9.17, 15) is 32.8 Å². The molecule has 0 saturated heterocycles. The van der Waals surface area contributed by atoms with Crippen LogP contribution in [0.5, 0.6) is 5.75 Å². The van der Waals surface area contributed by atoms with Gasteiger partial charge >= 0.3 is 6.18 Å². The molecule has 1 aliphatic heterocycles. The summed E-state index contributed by atoms with van der Waals surface area (Å²) in [5.74, 6) is -1.77. The van der Waals surface area contributed by atoms with Gasteiger partial charge in [0.2, 0.25) is 5.91 Å². The molecule has 1 heterocycles. The van der Waals surface area contributed by atoms with Gasteiger partial charge in [-0.15, -0.1) is 0 Å². The highest BCUT2D eigenvalue weighted by Crippen LogP contribution is 2.40. The molecule has 1 aliphatic rings. The molecule has 0 radical (unpaired) electrons. The first-order chi connectivity index (χ1) is 22.8. The van der Waals surface area contributed by atoms with E-state index < -0.39 is 42.6 Å². The van der Waals surface area contributed by atoms with Crippen LogP contribution in [0.15, 0.2) is 77.3 Å². The number of fused-ring (bicyclic) bond motifs is 2. The maximum Gasteiger partial charge on any atom is 0.422 e. The molecule has 0 saturated carbocycles. The Morgan fingerprint density at radius 3 is 2.48 bits per heavy atom. The highest BCUT2D eigenvalue weighted by atomic mass is 79.9. The molecular weight excluding hydrogens is 715 g/mol. The van der Waals surface area contributed by atoms with Crippen LogP contribution in [0.25, 0.3) is 10.8 Å². The van der Waals surface area contributed by atoms with E-state index in [0.717, 1.165) is 4.47 Å². The number of carbonyl (C=O) groups excluding carboxylic acids is 3. The van der Waals surface area contributed by atoms with Gasteiger partial charge in [0, 0.05) is 20.6 Å². The first kappa shape index (κ1) is 34.7. The van der Waals surface area contributed by atoms with Crippen LogP contribution in [0.1, 0.15) is 28.4 Å². The van der Waals surface area contributed by atoms with Crippen molar-refractivity contribution in [1.29, 1.82) is 5.26 Å². The number of carbonyl (C=O) groups is 3. The number of hydrogen-bond acceptors (Lipinski definition) is 6. The Bertz CT molecular complexity index is 1930. The quantitative estimate of drug-likeness (QED) is 0.218. The second kappa shape index (κ2) is 14.2. The number of nitrogens with zero attached hydrogens (tertiary/aromatic N) is 3. The van der Waals surface area contributed by atoms with Gasteiger partial charge in [0.1, 0.15) is 11.8 Å². The first-order valence-corrected chi connectivity index (χ1v) is 15.8. The van der Waals surface area contributed by atoms with Gasteiger partial charge in [-0.3, -0.25) is 14.4 Å². The lowest BCUT2D eigenvalue weighted by Crippen LogP contribution is -2.55. The lowest BCUT2D eigenvalue weighted by Gasteiger charge is -2.28. The van der Waals surface area contributed by atoms with Gasteiger partial charge in [0.25, 0.3) is 11.8 Å². The first-order valence-electron chi connectivity index (χ1n) is 14.6. The van der Waals surface area contributed by atoms with Crippen LogP contribution in [-0.2, 0) is 16.1 Å². The molecule has 0 aromatic heterocycles. The number of alkyl halides is 3. The van der Waals surface area contributed by atoms with E-state index in [1.807, 2.05) is 6.07 Å². The zero-order valence-electron chi connectivity index (χ0n) is 25.6. The van der Waals surface area contributed by atoms with Crippen LogP contribution >= 0.6 is 27.5 Å². The Balaban J connectivity index is 1.68. The molecular formula is C34H28BrClF3N5O4. The zero-order chi connectivity index (χ0) is 34.7. The van der Waals surface area contributed by atoms with Crippen LogP contribution in [0.3, 0.4) is 0 Å². The van der Waals surface area contributed by atoms with E-state index in [2.05, 4.69) is 26.6 Å². The normalized spacial score (nSPS) is 15.4. The van der Waals surface area contributed by atoms with E-state index in [-0.39, 0.29) is 46.4 Å². The lowest BCUT2D eigenvalue weighted by molar-refractivity contribution is -0.153. The summed E-state index contributed by atoms with van der Waals surface area (Å²) in [5.41, 5.74) is 1.27. The highest BCUT2D eigenvalue weighted by molar-refractivity contribution is 9.10. The Morgan fingerprint density at radius 1 is 1.08 bits per heavy atom. The molecule has 0 fully saturated rings. The second-order valence-corrected chi connectivity index (χ2v) is 12.4. The van der Waals surface area contributed by atoms with Crippen molar-refractivity contribution < 1.29 is 32.3 Å². The minimum Gasteiger partial charge on any atom is -0.484 e. The molecule has 4 aromatic rings. The minimum absolute atomic E-state index is 0.0930. The molecule has 0 unspecified atom stereocenters. The monoisotopic (exact) mass is 741 g/mol. The largest absolute Gasteiger partial charge is 0.484 e. The third-order valence-corrected chi connectivity index (χ3v) is 8.58. The molecule has 248 valence electrons. The van der Waals surface area contributed by atoms with Crippen molar-refractivity contribution in [3.05, 3.63) is 99.0 Å². The Labute approximate surface area is 287 Å². The molecule has 0 bridgehead atoms. The van der Waals surface area contributed by atoms with E-state index in [4.69, 9.17) is 16.3 Å². The number of hydrogen-bond donors (Lipinski definition) is 2. The number of anilines is 2. The predicted molar refractivity (Wildman–Crippen MR) is 179 cm³/mol. The smallest absolute Gasteiger partial charge is 0.422 e. The van der Waals surface area contributed by atoms with E-state index in [0.29, 0.717) is 16.3 Å². The molecule has 2 N–H and O–H groups in total. The maximum atomic E-state index is 14.5. The van der Waals surface area contributed by atoms with Gasteiger partial charge in [-0.2, -0.15) is 18.4 Å². The van der Waals surface area contributed by atoms with Crippen molar-refractivity contribution >= 4 is 67.4 Å². The van der Waals surface area contributed by atoms with Crippen molar-refractivity contribution in [3.63, 3.8) is 0 Å². The van der Waals surface area contributed by atoms with E-state index in [1.165, 1.54) is 58.3 Å². The lowest BCUT2D eigenvalue weighted by atomic mass is 10.0. The predicted octanol–water partition coefficient (Wildman–Crippen LogP) is 6.35. The number of benzene rings is 4. The molecule has 9 nitrogen and oxygen atoms in total. The van der Waals surface area contributed by atoms with Crippen molar-refractivity contribution in [3.8, 4) is 11.8 Å². The topological polar surface area (TPSA) is 115 Å². The number of likely N-dealkylation sites (N-methyl/N-ethyl adjacent to an activating group) is 1. The van der Waals surface area contributed by atoms with Gasteiger partial charge in [0.15, 0.2) is 6.61 Å². The van der Waals surface area contributed by atoms with Gasteiger partial charge in [-0.25, -0.2) is 0 Å². The van der Waals surface area contributed by atoms with E-state index in [1.54, 1.807) is 38.2 Å². The third-order valence-electron chi connectivity index (χ3n) is 7.86. The molecule has 3 amide bonds. The van der Waals surface area contributed by atoms with Gasteiger partial charge < -0.3 is 25.2 Å². The third kappa shape index (κ3) is 7.57. The number of rotatable bonds is 8. The van der Waals surface area contributed by atoms with Crippen LogP contribution < -0.4 is 25.2 Å². The molecule has 4 aromatic carbocycles. The number of nitrogens with one attached hydrogen (secondary N) is 2. The van der Waals surface area contributed by atoms with Crippen LogP contribution in [0.4, 0.5) is 24.5 Å². The molecule has 5 rings (SSSR count). The standard InChI is InChI=1S/C34H28BrClF3N5O4/c1-19(41-2)31(45)42-27-17-44(32(46)21-5-3-20(15-40)4-6-21)29-14-24(36)9-11-28(29)43(33(27)47)16-26-25-10-8-23(35)13-22(25)7-12-30(26)48-18-34(37,38)39/h3-14,19,27,41H,16-18H2,1-2H3,(H,42,45)/t19-,27-/m0/s1. The number of nitriles is 1. The van der Waals surface area contributed by atoms with Crippen LogP contribution in [0.2, 0.25) is 5.02 Å². The highest BCUT2D eigenvalue weighted by Gasteiger charge is 2.39. The summed E-state index contributed by atoms with van der Waals surface area (Å²) in [4.78, 5) is 44.3. The van der Waals surface area contributed by atoms with Gasteiger partial charge in [0.05, 0.1) is 42.1 Å². The Kier molecular flexibility index (Phi) is 10.3.